The van der Waals surface area contributed by atoms with Crippen molar-refractivity contribution in [1.82, 2.24) is 19.9 Å². The van der Waals surface area contributed by atoms with Gasteiger partial charge in [0.15, 0.2) is 5.78 Å². The molecule has 8 heteroatoms. The van der Waals surface area contributed by atoms with E-state index in [9.17, 15) is 10.1 Å². The molecule has 0 aromatic carbocycles. The van der Waals surface area contributed by atoms with Crippen LogP contribution in [-0.2, 0) is 0 Å². The molecule has 0 bridgehead atoms. The van der Waals surface area contributed by atoms with Gasteiger partial charge >= 0.3 is 0 Å². The second kappa shape index (κ2) is 8.24. The van der Waals surface area contributed by atoms with Gasteiger partial charge in [0.05, 0.1) is 17.4 Å². The molecule has 1 aliphatic heterocycles. The molecular formula is C24H27N7O. The van der Waals surface area contributed by atoms with Crippen LogP contribution in [0.25, 0.3) is 11.0 Å². The number of ketones is 1. The monoisotopic (exact) mass is 429 g/mol. The quantitative estimate of drug-likeness (QED) is 0.624. The topological polar surface area (TPSA) is 90.1 Å². The molecule has 0 unspecified atom stereocenters. The summed E-state index contributed by atoms with van der Waals surface area (Å²) in [5.41, 5.74) is 3.13. The van der Waals surface area contributed by atoms with E-state index in [1.165, 1.54) is 6.92 Å². The highest BCUT2D eigenvalue weighted by Gasteiger charge is 2.31. The molecule has 1 saturated carbocycles. The Kier molecular flexibility index (Phi) is 5.27. The molecule has 32 heavy (non-hydrogen) atoms. The fourth-order valence-electron chi connectivity index (χ4n) is 4.68. The summed E-state index contributed by atoms with van der Waals surface area (Å²) in [7, 11) is 2.00. The average Bonchev–Trinajstić information content (AvgIpc) is 3.16. The Bertz CT molecular complexity index is 1180. The van der Waals surface area contributed by atoms with E-state index >= 15 is 0 Å². The van der Waals surface area contributed by atoms with Crippen LogP contribution in [0.2, 0.25) is 0 Å². The van der Waals surface area contributed by atoms with Gasteiger partial charge in [0.25, 0.3) is 0 Å². The highest BCUT2D eigenvalue weighted by Crippen LogP contribution is 2.36. The molecule has 1 aliphatic carbocycles. The zero-order chi connectivity index (χ0) is 22.2. The predicted molar refractivity (Wildman–Crippen MR) is 124 cm³/mol. The number of anilines is 2. The Labute approximate surface area is 187 Å². The number of hydrogen-bond acceptors (Lipinski definition) is 7. The van der Waals surface area contributed by atoms with Crippen LogP contribution in [0.3, 0.4) is 0 Å². The minimum Gasteiger partial charge on any atom is -0.367 e. The summed E-state index contributed by atoms with van der Waals surface area (Å²) in [5, 5.41) is 13.8. The summed E-state index contributed by atoms with van der Waals surface area (Å²) in [4.78, 5) is 25.3. The Balaban J connectivity index is 1.33. The SMILES string of the molecule is CNC1CC(n2cc(C#N)c3ccc(N4CCN(c5ccc(C(C)=O)nc5)CC4)nc32)C1. The van der Waals surface area contributed by atoms with Gasteiger partial charge in [-0.05, 0) is 44.2 Å². The lowest BCUT2D eigenvalue weighted by atomic mass is 9.87. The number of Topliss-reactive ketones (excluding diaryl/α,β-unsaturated/α-hetero) is 1. The lowest BCUT2D eigenvalue weighted by Crippen LogP contribution is -2.47. The fraction of sp³-hybridized carbons (Fsp3) is 0.417. The molecule has 5 rings (SSSR count). The van der Waals surface area contributed by atoms with Crippen molar-refractivity contribution in [2.45, 2.75) is 31.8 Å². The van der Waals surface area contributed by atoms with Crippen LogP contribution < -0.4 is 15.1 Å². The molecule has 1 N–H and O–H groups in total. The van der Waals surface area contributed by atoms with Crippen LogP contribution in [-0.4, -0.2) is 59.6 Å². The number of pyridine rings is 2. The first-order valence-electron chi connectivity index (χ1n) is 11.1. The largest absolute Gasteiger partial charge is 0.367 e. The number of piperazine rings is 1. The first-order valence-corrected chi connectivity index (χ1v) is 11.1. The van der Waals surface area contributed by atoms with Gasteiger partial charge in [0, 0.05) is 56.8 Å². The van der Waals surface area contributed by atoms with Gasteiger partial charge in [-0.25, -0.2) is 4.98 Å². The van der Waals surface area contributed by atoms with Gasteiger partial charge in [-0.15, -0.1) is 0 Å². The molecule has 0 atom stereocenters. The summed E-state index contributed by atoms with van der Waals surface area (Å²) in [6, 6.07) is 11.1. The number of nitriles is 1. The molecule has 2 aliphatic rings. The molecule has 3 aromatic rings. The summed E-state index contributed by atoms with van der Waals surface area (Å²) in [6.45, 7) is 4.95. The second-order valence-electron chi connectivity index (χ2n) is 8.65. The van der Waals surface area contributed by atoms with Crippen molar-refractivity contribution >= 4 is 28.3 Å². The number of aromatic nitrogens is 3. The van der Waals surface area contributed by atoms with E-state index in [-0.39, 0.29) is 5.78 Å². The number of nitrogens with zero attached hydrogens (tertiary/aromatic N) is 6. The zero-order valence-electron chi connectivity index (χ0n) is 18.5. The maximum absolute atomic E-state index is 11.5. The lowest BCUT2D eigenvalue weighted by molar-refractivity contribution is 0.101. The third-order valence-corrected chi connectivity index (χ3v) is 6.78. The number of rotatable bonds is 5. The van der Waals surface area contributed by atoms with Crippen molar-refractivity contribution in [3.8, 4) is 6.07 Å². The first-order chi connectivity index (χ1) is 15.6. The molecule has 4 heterocycles. The number of hydrogen-bond donors (Lipinski definition) is 1. The second-order valence-corrected chi connectivity index (χ2v) is 8.65. The summed E-state index contributed by atoms with van der Waals surface area (Å²) < 4.78 is 2.20. The lowest BCUT2D eigenvalue weighted by Gasteiger charge is -2.37. The first kappa shape index (κ1) is 20.5. The van der Waals surface area contributed by atoms with Crippen molar-refractivity contribution in [2.75, 3.05) is 43.0 Å². The molecule has 8 nitrogen and oxygen atoms in total. The Morgan fingerprint density at radius 3 is 2.50 bits per heavy atom. The van der Waals surface area contributed by atoms with E-state index in [4.69, 9.17) is 4.98 Å². The van der Waals surface area contributed by atoms with E-state index in [1.807, 2.05) is 31.4 Å². The molecule has 2 fully saturated rings. The molecule has 164 valence electrons. The van der Waals surface area contributed by atoms with Gasteiger partial charge in [-0.2, -0.15) is 5.26 Å². The Morgan fingerprint density at radius 1 is 1.12 bits per heavy atom. The molecule has 0 spiro atoms. The van der Waals surface area contributed by atoms with Gasteiger partial charge in [0.2, 0.25) is 0 Å². The van der Waals surface area contributed by atoms with Crippen molar-refractivity contribution in [3.63, 3.8) is 0 Å². The zero-order valence-corrected chi connectivity index (χ0v) is 18.5. The van der Waals surface area contributed by atoms with Crippen LogP contribution in [0, 0.1) is 11.3 Å². The average molecular weight is 430 g/mol. The Hall–Kier alpha value is -3.44. The molecular weight excluding hydrogens is 402 g/mol. The van der Waals surface area contributed by atoms with Crippen LogP contribution in [0.4, 0.5) is 11.5 Å². The summed E-state index contributed by atoms with van der Waals surface area (Å²) >= 11 is 0. The van der Waals surface area contributed by atoms with E-state index in [0.29, 0.717) is 23.3 Å². The van der Waals surface area contributed by atoms with Crippen LogP contribution in [0.5, 0.6) is 0 Å². The summed E-state index contributed by atoms with van der Waals surface area (Å²) in [5.74, 6) is 0.936. The number of nitrogens with one attached hydrogen (secondary N) is 1. The van der Waals surface area contributed by atoms with Crippen LogP contribution in [0.1, 0.15) is 41.9 Å². The predicted octanol–water partition coefficient (Wildman–Crippen LogP) is 2.76. The van der Waals surface area contributed by atoms with Crippen LogP contribution in [0.15, 0.2) is 36.7 Å². The Morgan fingerprint density at radius 2 is 1.88 bits per heavy atom. The highest BCUT2D eigenvalue weighted by molar-refractivity contribution is 5.92. The summed E-state index contributed by atoms with van der Waals surface area (Å²) in [6.07, 6.45) is 5.87. The van der Waals surface area contributed by atoms with E-state index < -0.39 is 0 Å². The standard InChI is InChI=1S/C24H27N7O/c1-16(32)22-5-3-19(14-27-22)29-7-9-30(10-8-29)23-6-4-21-17(13-25)15-31(24(21)28-23)20-11-18(12-20)26-2/h3-6,14-15,18,20,26H,7-12H2,1-2H3. The minimum absolute atomic E-state index is 0.0180. The van der Waals surface area contributed by atoms with Gasteiger partial charge in [-0.1, -0.05) is 0 Å². The van der Waals surface area contributed by atoms with Gasteiger partial charge < -0.3 is 19.7 Å². The fourth-order valence-corrected chi connectivity index (χ4v) is 4.68. The van der Waals surface area contributed by atoms with E-state index in [0.717, 1.165) is 61.6 Å². The number of fused-ring (bicyclic) bond motifs is 1. The third-order valence-electron chi connectivity index (χ3n) is 6.78. The maximum Gasteiger partial charge on any atom is 0.178 e. The van der Waals surface area contributed by atoms with Gasteiger partial charge in [-0.3, -0.25) is 9.78 Å². The smallest absolute Gasteiger partial charge is 0.178 e. The minimum atomic E-state index is -0.0180. The normalized spacial score (nSPS) is 20.8. The molecule has 3 aromatic heterocycles. The highest BCUT2D eigenvalue weighted by atomic mass is 16.1. The van der Waals surface area contributed by atoms with E-state index in [2.05, 4.69) is 30.7 Å². The van der Waals surface area contributed by atoms with Gasteiger partial charge in [0.1, 0.15) is 23.2 Å². The van der Waals surface area contributed by atoms with Crippen LogP contribution >= 0.6 is 0 Å². The third kappa shape index (κ3) is 3.59. The number of carbonyl (C=O) groups is 1. The van der Waals surface area contributed by atoms with Crippen molar-refractivity contribution in [2.24, 2.45) is 0 Å². The van der Waals surface area contributed by atoms with Crippen molar-refractivity contribution < 1.29 is 4.79 Å². The number of carbonyl (C=O) groups excluding carboxylic acids is 1. The van der Waals surface area contributed by atoms with Crippen molar-refractivity contribution in [1.29, 1.82) is 5.26 Å². The van der Waals surface area contributed by atoms with E-state index in [1.54, 1.807) is 12.3 Å². The molecule has 1 saturated heterocycles. The molecule has 0 radical (unpaired) electrons. The van der Waals surface area contributed by atoms with Crippen molar-refractivity contribution in [3.05, 3.63) is 47.9 Å². The molecule has 0 amide bonds. The maximum atomic E-state index is 11.5.